The van der Waals surface area contributed by atoms with Crippen LogP contribution in [0.4, 0.5) is 10.5 Å². The predicted molar refractivity (Wildman–Crippen MR) is 131 cm³/mol. The van der Waals surface area contributed by atoms with Crippen LogP contribution in [0.5, 0.6) is 0 Å². The van der Waals surface area contributed by atoms with Gasteiger partial charge in [0.15, 0.2) is 13.8 Å². The molecule has 0 N–H and O–H groups in total. The minimum Gasteiger partial charge on any atom is -0.291 e. The maximum absolute atomic E-state index is 14.4. The van der Waals surface area contributed by atoms with E-state index < -0.39 is 13.8 Å². The highest BCUT2D eigenvalue weighted by Crippen LogP contribution is 2.47. The van der Waals surface area contributed by atoms with E-state index in [0.29, 0.717) is 6.42 Å². The van der Waals surface area contributed by atoms with E-state index in [0.717, 1.165) is 48.6 Å². The molecular weight excluding hydrogens is 400 g/mol. The van der Waals surface area contributed by atoms with Crippen LogP contribution in [-0.2, 0) is 10.3 Å². The van der Waals surface area contributed by atoms with Crippen LogP contribution in [0.15, 0.2) is 60.7 Å². The summed E-state index contributed by atoms with van der Waals surface area (Å²) < 4.78 is 1.80. The van der Waals surface area contributed by atoms with Crippen LogP contribution in [0.2, 0.25) is 18.1 Å². The van der Waals surface area contributed by atoms with Gasteiger partial charge in [-0.2, -0.15) is 0 Å². The molecule has 2 aromatic carbocycles. The molecule has 1 fully saturated rings. The lowest BCUT2D eigenvalue weighted by molar-refractivity contribution is -0.128. The van der Waals surface area contributed by atoms with Crippen LogP contribution >= 0.6 is 0 Å². The Morgan fingerprint density at radius 1 is 0.742 bits per heavy atom. The second kappa shape index (κ2) is 9.82. The molecule has 0 radical (unpaired) electrons. The normalized spacial score (nSPS) is 19.4. The van der Waals surface area contributed by atoms with E-state index in [1.54, 1.807) is 9.47 Å². The first kappa shape index (κ1) is 23.3. The topological polar surface area (TPSA) is 40.6 Å². The number of imide groups is 1. The van der Waals surface area contributed by atoms with Gasteiger partial charge in [0, 0.05) is 5.69 Å². The van der Waals surface area contributed by atoms with Gasteiger partial charge in [-0.3, -0.25) is 14.3 Å². The van der Waals surface area contributed by atoms with E-state index in [1.165, 1.54) is 0 Å². The zero-order valence-corrected chi connectivity index (χ0v) is 20.4. The number of carbonyl (C=O) groups is 2. The van der Waals surface area contributed by atoms with Crippen molar-refractivity contribution in [2.75, 3.05) is 4.90 Å². The molecule has 1 aliphatic rings. The maximum atomic E-state index is 14.4. The van der Waals surface area contributed by atoms with E-state index in [1.807, 2.05) is 67.6 Å². The number of nitrogens with zero attached hydrogens (tertiary/aromatic N) is 2. The monoisotopic (exact) mass is 436 g/mol. The highest BCUT2D eigenvalue weighted by Gasteiger charge is 2.62. The van der Waals surface area contributed by atoms with Crippen molar-refractivity contribution in [3.63, 3.8) is 0 Å². The Morgan fingerprint density at radius 2 is 1.23 bits per heavy atom. The summed E-state index contributed by atoms with van der Waals surface area (Å²) in [5, 5.41) is 0. The van der Waals surface area contributed by atoms with Crippen LogP contribution in [0, 0.1) is 0 Å². The Hall–Kier alpha value is -2.40. The summed E-state index contributed by atoms with van der Waals surface area (Å²) in [6.45, 7) is 8.56. The summed E-state index contributed by atoms with van der Waals surface area (Å²) in [6, 6.07) is 22.4. The van der Waals surface area contributed by atoms with E-state index in [2.05, 4.69) is 20.8 Å². The first-order valence-corrected chi connectivity index (χ1v) is 14.4. The van der Waals surface area contributed by atoms with Crippen LogP contribution in [0.3, 0.4) is 0 Å². The molecule has 1 aliphatic heterocycles. The van der Waals surface area contributed by atoms with E-state index in [9.17, 15) is 9.59 Å². The molecule has 166 valence electrons. The number of hydrogen-bond acceptors (Lipinski definition) is 2. The van der Waals surface area contributed by atoms with Gasteiger partial charge in [-0.25, -0.2) is 4.79 Å². The molecule has 31 heavy (non-hydrogen) atoms. The van der Waals surface area contributed by atoms with Crippen molar-refractivity contribution in [1.29, 1.82) is 0 Å². The summed E-state index contributed by atoms with van der Waals surface area (Å²) >= 11 is 0. The molecule has 1 unspecified atom stereocenters. The Balaban J connectivity index is 2.27. The van der Waals surface area contributed by atoms with E-state index in [-0.39, 0.29) is 11.9 Å². The lowest BCUT2D eigenvalue weighted by atomic mass is 9.85. The number of urea groups is 1. The minimum atomic E-state index is -2.31. The average molecular weight is 437 g/mol. The Morgan fingerprint density at radius 3 is 1.68 bits per heavy atom. The van der Waals surface area contributed by atoms with Gasteiger partial charge in [-0.1, -0.05) is 95.5 Å². The second-order valence-corrected chi connectivity index (χ2v) is 13.0. The standard InChI is InChI=1S/C26H36N2O2Si/c1-5-19-31(20-6-2,21-7-3)28-24(29)26(8-4,22-15-11-9-12-16-22)27(25(28)30)23-17-13-10-14-18-23/h9-18H,5-8,19-21H2,1-4H3. The van der Waals surface area contributed by atoms with Gasteiger partial charge in [0.05, 0.1) is 0 Å². The SMILES string of the molecule is CCC[Si](CCC)(CCC)N1C(=O)N(c2ccccc2)C(CC)(c2ccccc2)C1=O. The smallest absolute Gasteiger partial charge is 0.291 e. The summed E-state index contributed by atoms with van der Waals surface area (Å²) in [5.41, 5.74) is 0.698. The predicted octanol–water partition coefficient (Wildman–Crippen LogP) is 6.94. The molecule has 3 amide bonds. The van der Waals surface area contributed by atoms with Crippen molar-refractivity contribution < 1.29 is 9.59 Å². The van der Waals surface area contributed by atoms with Crippen LogP contribution in [0.1, 0.15) is 58.9 Å². The fourth-order valence-electron chi connectivity index (χ4n) is 5.54. The average Bonchev–Trinajstić information content (AvgIpc) is 3.02. The van der Waals surface area contributed by atoms with Gasteiger partial charge < -0.3 is 0 Å². The summed E-state index contributed by atoms with van der Waals surface area (Å²) in [7, 11) is -2.31. The molecule has 2 aromatic rings. The van der Waals surface area contributed by atoms with E-state index >= 15 is 0 Å². The summed E-state index contributed by atoms with van der Waals surface area (Å²) in [5.74, 6) is -0.0166. The lowest BCUT2D eigenvalue weighted by Gasteiger charge is -2.38. The number of rotatable bonds is 10. The highest BCUT2D eigenvalue weighted by molar-refractivity contribution is 6.82. The van der Waals surface area contributed by atoms with Gasteiger partial charge in [-0.15, -0.1) is 0 Å². The van der Waals surface area contributed by atoms with Gasteiger partial charge in [-0.05, 0) is 42.2 Å². The Kier molecular flexibility index (Phi) is 7.37. The zero-order valence-electron chi connectivity index (χ0n) is 19.4. The van der Waals surface area contributed by atoms with Gasteiger partial charge >= 0.3 is 6.03 Å². The minimum absolute atomic E-state index is 0.0166. The largest absolute Gasteiger partial charge is 0.324 e. The molecule has 1 saturated heterocycles. The third-order valence-electron chi connectivity index (χ3n) is 6.72. The number of para-hydroxylation sites is 1. The number of benzene rings is 2. The maximum Gasteiger partial charge on any atom is 0.324 e. The Bertz CT molecular complexity index is 870. The highest BCUT2D eigenvalue weighted by atomic mass is 28.3. The number of anilines is 1. The molecule has 0 saturated carbocycles. The fourth-order valence-corrected chi connectivity index (χ4v) is 10.9. The molecular formula is C26H36N2O2Si. The Labute approximate surface area is 188 Å². The van der Waals surface area contributed by atoms with Crippen molar-refractivity contribution in [2.45, 2.75) is 77.0 Å². The summed E-state index contributed by atoms with van der Waals surface area (Å²) in [4.78, 5) is 30.4. The molecule has 5 heteroatoms. The van der Waals surface area contributed by atoms with Crippen LogP contribution in [0.25, 0.3) is 0 Å². The molecule has 1 heterocycles. The van der Waals surface area contributed by atoms with Gasteiger partial charge in [0.2, 0.25) is 0 Å². The first-order valence-electron chi connectivity index (χ1n) is 11.8. The molecule has 1 atom stereocenters. The summed E-state index contributed by atoms with van der Waals surface area (Å²) in [6.07, 6.45) is 3.54. The van der Waals surface area contributed by atoms with Gasteiger partial charge in [0.25, 0.3) is 5.91 Å². The van der Waals surface area contributed by atoms with Crippen LogP contribution < -0.4 is 4.90 Å². The zero-order chi connectivity index (χ0) is 22.5. The quantitative estimate of drug-likeness (QED) is 0.299. The molecule has 0 spiro atoms. The van der Waals surface area contributed by atoms with Crippen molar-refractivity contribution in [1.82, 2.24) is 4.57 Å². The molecule has 3 rings (SSSR count). The number of hydrogen-bond donors (Lipinski definition) is 0. The second-order valence-electron chi connectivity index (χ2n) is 8.65. The number of carbonyl (C=O) groups excluding carboxylic acids is 2. The molecule has 4 nitrogen and oxygen atoms in total. The molecule has 0 aliphatic carbocycles. The fraction of sp³-hybridized carbons (Fsp3) is 0.462. The van der Waals surface area contributed by atoms with Crippen molar-refractivity contribution in [3.8, 4) is 0 Å². The number of amides is 3. The lowest BCUT2D eigenvalue weighted by Crippen LogP contribution is -2.57. The third kappa shape index (κ3) is 3.84. The molecule has 0 aromatic heterocycles. The van der Waals surface area contributed by atoms with Crippen molar-refractivity contribution >= 4 is 25.9 Å². The third-order valence-corrected chi connectivity index (χ3v) is 12.4. The van der Waals surface area contributed by atoms with Gasteiger partial charge in [0.1, 0.15) is 0 Å². The van der Waals surface area contributed by atoms with Crippen LogP contribution in [-0.4, -0.2) is 24.7 Å². The van der Waals surface area contributed by atoms with Crippen molar-refractivity contribution in [3.05, 3.63) is 66.2 Å². The van der Waals surface area contributed by atoms with E-state index in [4.69, 9.17) is 0 Å². The first-order chi connectivity index (χ1) is 15.0. The van der Waals surface area contributed by atoms with Crippen molar-refractivity contribution in [2.24, 2.45) is 0 Å². The molecule has 0 bridgehead atoms.